The van der Waals surface area contributed by atoms with Crippen molar-refractivity contribution in [1.29, 1.82) is 0 Å². The van der Waals surface area contributed by atoms with E-state index in [1.165, 1.54) is 24.3 Å². The number of ether oxygens (including phenoxy) is 1. The Morgan fingerprint density at radius 1 is 0.677 bits per heavy atom. The van der Waals surface area contributed by atoms with E-state index in [0.717, 1.165) is 22.1 Å². The van der Waals surface area contributed by atoms with Crippen LogP contribution in [-0.4, -0.2) is 7.11 Å². The summed E-state index contributed by atoms with van der Waals surface area (Å²) in [5.41, 5.74) is 1.97. The fourth-order valence-electron chi connectivity index (χ4n) is 3.40. The zero-order chi connectivity index (χ0) is 21.8. The molecule has 1 nitrogen and oxygen atoms in total. The molecule has 0 unspecified atom stereocenters. The van der Waals surface area contributed by atoms with Gasteiger partial charge in [0.15, 0.2) is 0 Å². The maximum Gasteiger partial charge on any atom is 0.142 e. The zero-order valence-corrected chi connectivity index (χ0v) is 16.9. The van der Waals surface area contributed by atoms with Gasteiger partial charge in [-0.3, -0.25) is 0 Å². The van der Waals surface area contributed by atoms with Crippen LogP contribution in [0.25, 0.3) is 10.8 Å². The van der Waals surface area contributed by atoms with Gasteiger partial charge in [0.25, 0.3) is 0 Å². The van der Waals surface area contributed by atoms with Crippen LogP contribution < -0.4 is 4.74 Å². The molecule has 0 radical (unpaired) electrons. The molecule has 0 aromatic heterocycles. The number of aryl methyl sites for hydroxylation is 2. The van der Waals surface area contributed by atoms with Gasteiger partial charge >= 0.3 is 0 Å². The second-order valence-electron chi connectivity index (χ2n) is 7.24. The van der Waals surface area contributed by atoms with Crippen LogP contribution in [-0.2, 0) is 12.8 Å². The van der Waals surface area contributed by atoms with Gasteiger partial charge in [0.05, 0.1) is 12.7 Å². The first-order chi connectivity index (χ1) is 15.0. The average molecular weight is 416 g/mol. The molecular formula is C27H19F3O. The van der Waals surface area contributed by atoms with E-state index >= 15 is 0 Å². The summed E-state index contributed by atoms with van der Waals surface area (Å²) < 4.78 is 47.5. The highest BCUT2D eigenvalue weighted by molar-refractivity contribution is 5.84. The van der Waals surface area contributed by atoms with E-state index in [1.54, 1.807) is 31.4 Å². The van der Waals surface area contributed by atoms with Crippen molar-refractivity contribution in [2.75, 3.05) is 7.11 Å². The summed E-state index contributed by atoms with van der Waals surface area (Å²) in [6.07, 6.45) is 1.17. The van der Waals surface area contributed by atoms with Crippen LogP contribution in [0.3, 0.4) is 0 Å². The molecule has 4 rings (SSSR count). The molecule has 4 aromatic carbocycles. The smallest absolute Gasteiger partial charge is 0.142 e. The highest BCUT2D eigenvalue weighted by Crippen LogP contribution is 2.19. The molecule has 0 heterocycles. The van der Waals surface area contributed by atoms with Gasteiger partial charge in [0.2, 0.25) is 0 Å². The summed E-state index contributed by atoms with van der Waals surface area (Å²) in [6, 6.07) is 19.9. The summed E-state index contributed by atoms with van der Waals surface area (Å²) in [4.78, 5) is 0. The van der Waals surface area contributed by atoms with Crippen molar-refractivity contribution in [2.45, 2.75) is 12.8 Å². The molecule has 0 saturated heterocycles. The molecule has 0 aliphatic heterocycles. The van der Waals surface area contributed by atoms with E-state index in [0.29, 0.717) is 24.0 Å². The Bertz CT molecular complexity index is 1270. The summed E-state index contributed by atoms with van der Waals surface area (Å²) in [5, 5.41) is 1.55. The first-order valence-electron chi connectivity index (χ1n) is 9.84. The number of halogens is 3. The molecule has 0 aliphatic rings. The minimum Gasteiger partial charge on any atom is -0.497 e. The topological polar surface area (TPSA) is 9.23 Å². The molecule has 31 heavy (non-hydrogen) atoms. The number of hydrogen-bond donors (Lipinski definition) is 0. The molecule has 154 valence electrons. The maximum absolute atomic E-state index is 14.5. The Balaban J connectivity index is 1.51. The first-order valence-corrected chi connectivity index (χ1v) is 9.84. The van der Waals surface area contributed by atoms with Crippen LogP contribution in [0.1, 0.15) is 22.3 Å². The van der Waals surface area contributed by atoms with E-state index in [2.05, 4.69) is 11.8 Å². The van der Waals surface area contributed by atoms with Crippen LogP contribution in [0.5, 0.6) is 5.75 Å². The summed E-state index contributed by atoms with van der Waals surface area (Å²) >= 11 is 0. The van der Waals surface area contributed by atoms with Crippen molar-refractivity contribution < 1.29 is 17.9 Å². The molecule has 0 bridgehead atoms. The predicted molar refractivity (Wildman–Crippen MR) is 117 cm³/mol. The quantitative estimate of drug-likeness (QED) is 0.347. The van der Waals surface area contributed by atoms with Crippen LogP contribution in [0.2, 0.25) is 0 Å². The lowest BCUT2D eigenvalue weighted by molar-refractivity contribution is 0.414. The fraction of sp³-hybridized carbons (Fsp3) is 0.111. The van der Waals surface area contributed by atoms with Gasteiger partial charge in [-0.2, -0.15) is 0 Å². The number of benzene rings is 4. The van der Waals surface area contributed by atoms with E-state index in [9.17, 15) is 13.2 Å². The molecule has 0 spiro atoms. The second kappa shape index (κ2) is 8.97. The fourth-order valence-corrected chi connectivity index (χ4v) is 3.40. The minimum absolute atomic E-state index is 0.257. The highest BCUT2D eigenvalue weighted by Gasteiger charge is 2.10. The van der Waals surface area contributed by atoms with Crippen molar-refractivity contribution >= 4 is 10.8 Å². The molecule has 0 amide bonds. The van der Waals surface area contributed by atoms with E-state index in [4.69, 9.17) is 4.74 Å². The van der Waals surface area contributed by atoms with Crippen LogP contribution >= 0.6 is 0 Å². The van der Waals surface area contributed by atoms with Crippen molar-refractivity contribution in [1.82, 2.24) is 0 Å². The van der Waals surface area contributed by atoms with Crippen molar-refractivity contribution in [2.24, 2.45) is 0 Å². The van der Waals surface area contributed by atoms with Crippen molar-refractivity contribution in [3.63, 3.8) is 0 Å². The van der Waals surface area contributed by atoms with Crippen molar-refractivity contribution in [3.8, 4) is 17.6 Å². The van der Waals surface area contributed by atoms with Gasteiger partial charge in [0, 0.05) is 5.56 Å². The summed E-state index contributed by atoms with van der Waals surface area (Å²) in [5.74, 6) is 4.49. The Morgan fingerprint density at radius 2 is 1.32 bits per heavy atom. The Kier molecular flexibility index (Phi) is 5.95. The minimum atomic E-state index is -0.680. The lowest BCUT2D eigenvalue weighted by Gasteiger charge is -2.06. The number of rotatable bonds is 4. The second-order valence-corrected chi connectivity index (χ2v) is 7.24. The summed E-state index contributed by atoms with van der Waals surface area (Å²) in [6.45, 7) is 0. The molecule has 4 heteroatoms. The Labute approximate surface area is 179 Å². The van der Waals surface area contributed by atoms with Gasteiger partial charge in [-0.05, 0) is 83.3 Å². The normalized spacial score (nSPS) is 10.6. The predicted octanol–water partition coefficient (Wildman–Crippen LogP) is 6.45. The summed E-state index contributed by atoms with van der Waals surface area (Å²) in [7, 11) is 1.60. The van der Waals surface area contributed by atoms with Crippen LogP contribution in [0.15, 0.2) is 72.8 Å². The zero-order valence-electron chi connectivity index (χ0n) is 16.9. The van der Waals surface area contributed by atoms with Gasteiger partial charge in [-0.1, -0.05) is 36.1 Å². The third kappa shape index (κ3) is 4.90. The van der Waals surface area contributed by atoms with Crippen LogP contribution in [0.4, 0.5) is 13.2 Å². The SMILES string of the molecule is COc1ccc(CCc2cc(F)c(C#Cc3ccc4cc(F)ccc4c3)c(F)c2)cc1. The van der Waals surface area contributed by atoms with E-state index in [-0.39, 0.29) is 11.4 Å². The standard InChI is InChI=1S/C27H19F3O/c1-31-24-11-5-18(6-12-24)2-3-20-15-26(29)25(27(30)16-20)13-7-19-4-8-22-17-23(28)10-9-21(22)14-19/h4-6,8-12,14-17H,2-3H2,1H3. The highest BCUT2D eigenvalue weighted by atomic mass is 19.1. The number of hydrogen-bond acceptors (Lipinski definition) is 1. The molecule has 0 aliphatic carbocycles. The lowest BCUT2D eigenvalue weighted by Crippen LogP contribution is -1.97. The maximum atomic E-state index is 14.5. The molecule has 0 saturated carbocycles. The third-order valence-corrected chi connectivity index (χ3v) is 5.10. The molecule has 0 fully saturated rings. The molecule has 4 aromatic rings. The first kappa shape index (κ1) is 20.6. The van der Waals surface area contributed by atoms with Gasteiger partial charge in [-0.25, -0.2) is 13.2 Å². The van der Waals surface area contributed by atoms with Gasteiger partial charge in [0.1, 0.15) is 23.2 Å². The van der Waals surface area contributed by atoms with Crippen molar-refractivity contribution in [3.05, 3.63) is 113 Å². The average Bonchev–Trinajstić information content (AvgIpc) is 2.77. The molecule has 0 N–H and O–H groups in total. The Morgan fingerprint density at radius 3 is 2.03 bits per heavy atom. The lowest BCUT2D eigenvalue weighted by atomic mass is 10.0. The number of methoxy groups -OCH3 is 1. The van der Waals surface area contributed by atoms with E-state index in [1.807, 2.05) is 24.3 Å². The monoisotopic (exact) mass is 416 g/mol. The molecular weight excluding hydrogens is 397 g/mol. The Hall–Kier alpha value is -3.71. The third-order valence-electron chi connectivity index (χ3n) is 5.10. The number of fused-ring (bicyclic) bond motifs is 1. The van der Waals surface area contributed by atoms with E-state index < -0.39 is 11.6 Å². The van der Waals surface area contributed by atoms with Crippen LogP contribution in [0, 0.1) is 29.3 Å². The van der Waals surface area contributed by atoms with Gasteiger partial charge in [-0.15, -0.1) is 0 Å². The largest absolute Gasteiger partial charge is 0.497 e. The van der Waals surface area contributed by atoms with Gasteiger partial charge < -0.3 is 4.74 Å². The molecule has 0 atom stereocenters.